The van der Waals surface area contributed by atoms with Crippen molar-refractivity contribution in [2.45, 2.75) is 19.4 Å². The monoisotopic (exact) mass is 310 g/mol. The molecular weight excluding hydrogens is 295 g/mol. The zero-order valence-corrected chi connectivity index (χ0v) is 12.6. The Labute approximate surface area is 132 Å². The van der Waals surface area contributed by atoms with Crippen LogP contribution in [0.25, 0.3) is 22.2 Å². The molecule has 3 heterocycles. The first kappa shape index (κ1) is 13.9. The lowest BCUT2D eigenvalue weighted by molar-refractivity contribution is 0.0958. The van der Waals surface area contributed by atoms with Crippen molar-refractivity contribution in [1.29, 1.82) is 0 Å². The maximum atomic E-state index is 14.4. The van der Waals surface area contributed by atoms with Crippen LogP contribution in [0.3, 0.4) is 0 Å². The smallest absolute Gasteiger partial charge is 0.269 e. The zero-order valence-electron chi connectivity index (χ0n) is 12.6. The number of aryl methyl sites for hydroxylation is 2. The topological polar surface area (TPSA) is 59.8 Å². The van der Waals surface area contributed by atoms with Crippen LogP contribution in [0.1, 0.15) is 22.7 Å². The fourth-order valence-corrected chi connectivity index (χ4v) is 3.07. The molecular formula is C17H15FN4O. The Morgan fingerprint density at radius 3 is 2.96 bits per heavy atom. The highest BCUT2D eigenvalue weighted by atomic mass is 19.1. The van der Waals surface area contributed by atoms with Crippen molar-refractivity contribution < 1.29 is 9.18 Å². The van der Waals surface area contributed by atoms with Gasteiger partial charge in [-0.25, -0.2) is 9.37 Å². The van der Waals surface area contributed by atoms with Gasteiger partial charge in [-0.15, -0.1) is 0 Å². The molecule has 1 N–H and O–H groups in total. The van der Waals surface area contributed by atoms with E-state index in [0.29, 0.717) is 22.3 Å². The van der Waals surface area contributed by atoms with Crippen molar-refractivity contribution in [2.75, 3.05) is 7.05 Å². The van der Waals surface area contributed by atoms with E-state index in [-0.39, 0.29) is 11.7 Å². The van der Waals surface area contributed by atoms with E-state index in [0.717, 1.165) is 30.7 Å². The predicted octanol–water partition coefficient (Wildman–Crippen LogP) is 2.54. The van der Waals surface area contributed by atoms with Crippen LogP contribution in [0.5, 0.6) is 0 Å². The first-order valence-electron chi connectivity index (χ1n) is 7.54. The first-order chi connectivity index (χ1) is 11.2. The highest BCUT2D eigenvalue weighted by Gasteiger charge is 2.18. The van der Waals surface area contributed by atoms with Gasteiger partial charge in [0.25, 0.3) is 5.91 Å². The number of aromatic nitrogens is 3. The van der Waals surface area contributed by atoms with E-state index >= 15 is 0 Å². The summed E-state index contributed by atoms with van der Waals surface area (Å²) in [6.07, 6.45) is 3.54. The van der Waals surface area contributed by atoms with Gasteiger partial charge in [-0.05, 0) is 18.6 Å². The van der Waals surface area contributed by atoms with Gasteiger partial charge in [-0.3, -0.25) is 9.78 Å². The Morgan fingerprint density at radius 2 is 2.22 bits per heavy atom. The summed E-state index contributed by atoms with van der Waals surface area (Å²) in [6, 6.07) is 6.60. The second kappa shape index (κ2) is 5.15. The molecule has 0 radical (unpaired) electrons. The molecule has 4 rings (SSSR count). The largest absolute Gasteiger partial charge is 0.354 e. The van der Waals surface area contributed by atoms with Crippen molar-refractivity contribution in [2.24, 2.45) is 0 Å². The van der Waals surface area contributed by atoms with E-state index in [1.807, 2.05) is 6.07 Å². The fraction of sp³-hybridized carbons (Fsp3) is 0.235. The number of hydrogen-bond acceptors (Lipinski definition) is 3. The molecule has 0 fully saturated rings. The van der Waals surface area contributed by atoms with Gasteiger partial charge in [0.2, 0.25) is 0 Å². The van der Waals surface area contributed by atoms with Crippen molar-refractivity contribution in [3.63, 3.8) is 0 Å². The standard InChI is InChI=1S/C17H15FN4O/c1-19-17(23)13-5-4-10(9-20-13)11-7-15-14(8-12(11)18)21-16-3-2-6-22(15)16/h4-5,7-9H,2-3,6H2,1H3,(H,19,23). The summed E-state index contributed by atoms with van der Waals surface area (Å²) in [4.78, 5) is 20.1. The van der Waals surface area contributed by atoms with Crippen molar-refractivity contribution in [3.05, 3.63) is 47.8 Å². The second-order valence-electron chi connectivity index (χ2n) is 5.62. The summed E-state index contributed by atoms with van der Waals surface area (Å²) in [6.45, 7) is 0.921. The van der Waals surface area contributed by atoms with E-state index in [1.54, 1.807) is 19.2 Å². The summed E-state index contributed by atoms with van der Waals surface area (Å²) in [5.74, 6) is 0.425. The molecule has 3 aromatic rings. The lowest BCUT2D eigenvalue weighted by Gasteiger charge is -2.06. The van der Waals surface area contributed by atoms with Gasteiger partial charge in [-0.2, -0.15) is 0 Å². The molecule has 6 heteroatoms. The number of carbonyl (C=O) groups is 1. The third kappa shape index (κ3) is 2.18. The SMILES string of the molecule is CNC(=O)c1ccc(-c2cc3c(cc2F)nc2n3CCC2)cn1. The molecule has 1 aromatic carbocycles. The number of amides is 1. The molecule has 2 aromatic heterocycles. The second-order valence-corrected chi connectivity index (χ2v) is 5.62. The molecule has 0 unspecified atom stereocenters. The predicted molar refractivity (Wildman–Crippen MR) is 84.6 cm³/mol. The molecule has 0 aliphatic carbocycles. The summed E-state index contributed by atoms with van der Waals surface area (Å²) in [7, 11) is 1.55. The Hall–Kier alpha value is -2.76. The van der Waals surface area contributed by atoms with Crippen LogP contribution >= 0.6 is 0 Å². The molecule has 1 aliphatic rings. The Kier molecular flexibility index (Phi) is 3.11. The highest BCUT2D eigenvalue weighted by Crippen LogP contribution is 2.30. The minimum Gasteiger partial charge on any atom is -0.354 e. The fourth-order valence-electron chi connectivity index (χ4n) is 3.07. The lowest BCUT2D eigenvalue weighted by atomic mass is 10.1. The molecule has 0 bridgehead atoms. The van der Waals surface area contributed by atoms with Crippen LogP contribution in [0.2, 0.25) is 0 Å². The van der Waals surface area contributed by atoms with Gasteiger partial charge < -0.3 is 9.88 Å². The quantitative estimate of drug-likeness (QED) is 0.791. The molecule has 1 amide bonds. The van der Waals surface area contributed by atoms with Gasteiger partial charge in [0, 0.05) is 43.4 Å². The number of nitrogens with zero attached hydrogens (tertiary/aromatic N) is 3. The molecule has 5 nitrogen and oxygen atoms in total. The molecule has 0 saturated carbocycles. The average molecular weight is 310 g/mol. The number of nitrogens with one attached hydrogen (secondary N) is 1. The minimum absolute atomic E-state index is 0.263. The maximum absolute atomic E-state index is 14.4. The molecule has 0 saturated heterocycles. The number of rotatable bonds is 2. The molecule has 0 spiro atoms. The number of carbonyl (C=O) groups excluding carboxylic acids is 1. The number of hydrogen-bond donors (Lipinski definition) is 1. The first-order valence-corrected chi connectivity index (χ1v) is 7.54. The van der Waals surface area contributed by atoms with Crippen LogP contribution < -0.4 is 5.32 Å². The minimum atomic E-state index is -0.330. The van der Waals surface area contributed by atoms with E-state index in [4.69, 9.17) is 0 Å². The van der Waals surface area contributed by atoms with Gasteiger partial charge >= 0.3 is 0 Å². The third-order valence-electron chi connectivity index (χ3n) is 4.23. The Morgan fingerprint density at radius 1 is 1.35 bits per heavy atom. The summed E-state index contributed by atoms with van der Waals surface area (Å²) in [5, 5.41) is 2.51. The van der Waals surface area contributed by atoms with E-state index < -0.39 is 0 Å². The van der Waals surface area contributed by atoms with E-state index in [2.05, 4.69) is 19.9 Å². The number of benzene rings is 1. The van der Waals surface area contributed by atoms with Crippen LogP contribution in [-0.2, 0) is 13.0 Å². The molecule has 1 aliphatic heterocycles. The van der Waals surface area contributed by atoms with Gasteiger partial charge in [-0.1, -0.05) is 6.07 Å². The van der Waals surface area contributed by atoms with Crippen molar-refractivity contribution >= 4 is 16.9 Å². The Bertz CT molecular complexity index is 914. The normalized spacial score (nSPS) is 13.3. The number of fused-ring (bicyclic) bond motifs is 3. The number of imidazole rings is 1. The van der Waals surface area contributed by atoms with Crippen molar-refractivity contribution in [3.8, 4) is 11.1 Å². The summed E-state index contributed by atoms with van der Waals surface area (Å²) < 4.78 is 16.6. The van der Waals surface area contributed by atoms with E-state index in [9.17, 15) is 9.18 Å². The van der Waals surface area contributed by atoms with Crippen LogP contribution in [-0.4, -0.2) is 27.5 Å². The van der Waals surface area contributed by atoms with Crippen LogP contribution in [0.4, 0.5) is 4.39 Å². The molecule has 0 atom stereocenters. The average Bonchev–Trinajstić information content (AvgIpc) is 3.14. The summed E-state index contributed by atoms with van der Waals surface area (Å²) in [5.41, 5.74) is 3.07. The van der Waals surface area contributed by atoms with Gasteiger partial charge in [0.15, 0.2) is 0 Å². The van der Waals surface area contributed by atoms with Crippen LogP contribution in [0, 0.1) is 5.82 Å². The van der Waals surface area contributed by atoms with Gasteiger partial charge in [0.1, 0.15) is 17.3 Å². The molecule has 116 valence electrons. The zero-order chi connectivity index (χ0) is 16.0. The maximum Gasteiger partial charge on any atom is 0.269 e. The molecule has 23 heavy (non-hydrogen) atoms. The van der Waals surface area contributed by atoms with Crippen LogP contribution in [0.15, 0.2) is 30.5 Å². The van der Waals surface area contributed by atoms with Gasteiger partial charge in [0.05, 0.1) is 11.0 Å². The third-order valence-corrected chi connectivity index (χ3v) is 4.23. The number of halogens is 1. The highest BCUT2D eigenvalue weighted by molar-refractivity contribution is 5.92. The summed E-state index contributed by atoms with van der Waals surface area (Å²) >= 11 is 0. The number of pyridine rings is 1. The lowest BCUT2D eigenvalue weighted by Crippen LogP contribution is -2.18. The van der Waals surface area contributed by atoms with Crippen molar-refractivity contribution in [1.82, 2.24) is 19.9 Å². The van der Waals surface area contributed by atoms with E-state index in [1.165, 1.54) is 12.3 Å². The Balaban J connectivity index is 1.81.